The minimum Gasteiger partial charge on any atom is -0.481 e. The Kier molecular flexibility index (Phi) is 3.09. The van der Waals surface area contributed by atoms with Gasteiger partial charge in [0.2, 0.25) is 5.88 Å². The Bertz CT molecular complexity index is 736. The molecule has 0 saturated heterocycles. The fraction of sp³-hybridized carbons (Fsp3) is 0.0667. The van der Waals surface area contributed by atoms with Crippen LogP contribution >= 0.6 is 0 Å². The van der Waals surface area contributed by atoms with Gasteiger partial charge in [0.1, 0.15) is 5.82 Å². The van der Waals surface area contributed by atoms with Gasteiger partial charge in [-0.1, -0.05) is 12.1 Å². The summed E-state index contributed by atoms with van der Waals surface area (Å²) in [6, 6.07) is 11.4. The quantitative estimate of drug-likeness (QED) is 0.740. The predicted molar refractivity (Wildman–Crippen MR) is 77.8 cm³/mol. The third-order valence-electron chi connectivity index (χ3n) is 2.99. The van der Waals surface area contributed by atoms with E-state index < -0.39 is 0 Å². The average Bonchev–Trinajstić information content (AvgIpc) is 2.97. The van der Waals surface area contributed by atoms with Gasteiger partial charge in [-0.05, 0) is 18.2 Å². The summed E-state index contributed by atoms with van der Waals surface area (Å²) in [5.41, 5.74) is 8.44. The summed E-state index contributed by atoms with van der Waals surface area (Å²) in [5, 5.41) is 0. The molecule has 2 heterocycles. The van der Waals surface area contributed by atoms with Gasteiger partial charge >= 0.3 is 0 Å². The van der Waals surface area contributed by atoms with Gasteiger partial charge in [0, 0.05) is 35.9 Å². The molecule has 0 aliphatic rings. The number of nitrogens with zero attached hydrogens (tertiary/aromatic N) is 3. The average molecular weight is 266 g/mol. The van der Waals surface area contributed by atoms with Gasteiger partial charge in [-0.2, -0.15) is 0 Å². The van der Waals surface area contributed by atoms with E-state index in [-0.39, 0.29) is 0 Å². The van der Waals surface area contributed by atoms with Crippen molar-refractivity contribution >= 4 is 5.69 Å². The minimum absolute atomic E-state index is 0.565. The van der Waals surface area contributed by atoms with Crippen molar-refractivity contribution in [2.24, 2.45) is 0 Å². The molecule has 1 aromatic carbocycles. The normalized spacial score (nSPS) is 10.4. The molecular weight excluding hydrogens is 252 g/mol. The third kappa shape index (κ3) is 2.21. The van der Waals surface area contributed by atoms with Crippen molar-refractivity contribution in [3.8, 4) is 23.0 Å². The molecule has 0 aliphatic heterocycles. The molecule has 0 radical (unpaired) electrons. The summed E-state index contributed by atoms with van der Waals surface area (Å²) in [4.78, 5) is 8.51. The van der Waals surface area contributed by atoms with Crippen LogP contribution in [0.3, 0.4) is 0 Å². The fourth-order valence-electron chi connectivity index (χ4n) is 2.06. The Morgan fingerprint density at radius 2 is 2.00 bits per heavy atom. The molecule has 2 N–H and O–H groups in total. The Morgan fingerprint density at radius 3 is 2.80 bits per heavy atom. The van der Waals surface area contributed by atoms with E-state index in [0.717, 1.165) is 17.1 Å². The maximum atomic E-state index is 5.83. The lowest BCUT2D eigenvalue weighted by molar-refractivity contribution is 0.397. The van der Waals surface area contributed by atoms with Crippen LogP contribution in [-0.2, 0) is 0 Å². The predicted octanol–water partition coefficient (Wildman–Crippen LogP) is 2.53. The number of pyridine rings is 1. The van der Waals surface area contributed by atoms with Gasteiger partial charge in [-0.25, -0.2) is 9.97 Å². The van der Waals surface area contributed by atoms with E-state index >= 15 is 0 Å². The van der Waals surface area contributed by atoms with Crippen LogP contribution < -0.4 is 10.5 Å². The van der Waals surface area contributed by atoms with Crippen LogP contribution in [0.15, 0.2) is 55.0 Å². The molecular formula is C15H14N4O. The Balaban J connectivity index is 2.10. The zero-order valence-corrected chi connectivity index (χ0v) is 11.0. The second kappa shape index (κ2) is 5.05. The van der Waals surface area contributed by atoms with Gasteiger partial charge in [-0.15, -0.1) is 0 Å². The number of rotatable bonds is 3. The number of benzene rings is 1. The number of hydrogen-bond acceptors (Lipinski definition) is 4. The second-order valence-corrected chi connectivity index (χ2v) is 4.30. The van der Waals surface area contributed by atoms with Gasteiger partial charge < -0.3 is 10.5 Å². The van der Waals surface area contributed by atoms with Gasteiger partial charge in [-0.3, -0.25) is 4.57 Å². The van der Waals surface area contributed by atoms with Crippen LogP contribution in [0.4, 0.5) is 5.69 Å². The number of hydrogen-bond donors (Lipinski definition) is 1. The fourth-order valence-corrected chi connectivity index (χ4v) is 2.06. The van der Waals surface area contributed by atoms with E-state index in [1.54, 1.807) is 19.5 Å². The molecule has 2 aromatic heterocycles. The molecule has 0 spiro atoms. The first-order valence-electron chi connectivity index (χ1n) is 6.17. The highest BCUT2D eigenvalue weighted by atomic mass is 16.5. The molecule has 0 fully saturated rings. The number of aromatic nitrogens is 3. The summed E-state index contributed by atoms with van der Waals surface area (Å²) in [6.07, 6.45) is 5.36. The van der Waals surface area contributed by atoms with E-state index in [2.05, 4.69) is 9.97 Å². The van der Waals surface area contributed by atoms with Crippen LogP contribution in [0.2, 0.25) is 0 Å². The molecule has 5 heteroatoms. The standard InChI is InChI=1S/C15H14N4O/c1-20-14-10-13(5-6-17-14)19-8-7-18-15(19)11-3-2-4-12(16)9-11/h2-10H,16H2,1H3. The van der Waals surface area contributed by atoms with Gasteiger partial charge in [0.25, 0.3) is 0 Å². The van der Waals surface area contributed by atoms with Gasteiger partial charge in [0.05, 0.1) is 12.8 Å². The topological polar surface area (TPSA) is 66.0 Å². The minimum atomic E-state index is 0.565. The lowest BCUT2D eigenvalue weighted by atomic mass is 10.2. The lowest BCUT2D eigenvalue weighted by Gasteiger charge is -2.09. The highest BCUT2D eigenvalue weighted by Gasteiger charge is 2.08. The molecule has 3 aromatic rings. The van der Waals surface area contributed by atoms with E-state index in [4.69, 9.17) is 10.5 Å². The van der Waals surface area contributed by atoms with Crippen LogP contribution in [0.5, 0.6) is 5.88 Å². The molecule has 0 aliphatic carbocycles. The largest absolute Gasteiger partial charge is 0.481 e. The number of nitrogen functional groups attached to an aromatic ring is 1. The summed E-state index contributed by atoms with van der Waals surface area (Å²) in [5.74, 6) is 1.39. The van der Waals surface area contributed by atoms with Crippen LogP contribution in [0.1, 0.15) is 0 Å². The van der Waals surface area contributed by atoms with E-state index in [0.29, 0.717) is 11.6 Å². The zero-order valence-electron chi connectivity index (χ0n) is 11.0. The first-order chi connectivity index (χ1) is 9.78. The molecule has 0 saturated carbocycles. The maximum Gasteiger partial charge on any atom is 0.215 e. The molecule has 0 bridgehead atoms. The summed E-state index contributed by atoms with van der Waals surface area (Å²) in [6.45, 7) is 0. The Labute approximate surface area is 116 Å². The van der Waals surface area contributed by atoms with Crippen molar-refractivity contribution in [3.63, 3.8) is 0 Å². The van der Waals surface area contributed by atoms with Crippen molar-refractivity contribution in [3.05, 3.63) is 55.0 Å². The van der Waals surface area contributed by atoms with E-state index in [1.807, 2.05) is 47.2 Å². The monoisotopic (exact) mass is 266 g/mol. The zero-order chi connectivity index (χ0) is 13.9. The third-order valence-corrected chi connectivity index (χ3v) is 2.99. The van der Waals surface area contributed by atoms with Crippen molar-refractivity contribution in [2.45, 2.75) is 0 Å². The molecule has 3 rings (SSSR count). The first-order valence-corrected chi connectivity index (χ1v) is 6.17. The SMILES string of the molecule is COc1cc(-n2ccnc2-c2cccc(N)c2)ccn1. The number of nitrogens with two attached hydrogens (primary N) is 1. The molecule has 0 atom stereocenters. The van der Waals surface area contributed by atoms with Crippen molar-refractivity contribution in [1.82, 2.24) is 14.5 Å². The number of ether oxygens (including phenoxy) is 1. The van der Waals surface area contributed by atoms with Crippen LogP contribution in [0, 0.1) is 0 Å². The summed E-state index contributed by atoms with van der Waals surface area (Å²) in [7, 11) is 1.60. The number of anilines is 1. The van der Waals surface area contributed by atoms with Crippen LogP contribution in [0.25, 0.3) is 17.1 Å². The first kappa shape index (κ1) is 12.2. The maximum absolute atomic E-state index is 5.83. The smallest absolute Gasteiger partial charge is 0.215 e. The Hall–Kier alpha value is -2.82. The Morgan fingerprint density at radius 1 is 1.10 bits per heavy atom. The van der Waals surface area contributed by atoms with E-state index in [9.17, 15) is 0 Å². The van der Waals surface area contributed by atoms with Crippen molar-refractivity contribution in [1.29, 1.82) is 0 Å². The van der Waals surface area contributed by atoms with Crippen molar-refractivity contribution < 1.29 is 4.74 Å². The van der Waals surface area contributed by atoms with Crippen LogP contribution in [-0.4, -0.2) is 21.6 Å². The van der Waals surface area contributed by atoms with Crippen molar-refractivity contribution in [2.75, 3.05) is 12.8 Å². The molecule has 100 valence electrons. The molecule has 5 nitrogen and oxygen atoms in total. The second-order valence-electron chi connectivity index (χ2n) is 4.30. The molecule has 20 heavy (non-hydrogen) atoms. The molecule has 0 amide bonds. The number of imidazole rings is 1. The highest BCUT2D eigenvalue weighted by molar-refractivity contribution is 5.63. The van der Waals surface area contributed by atoms with E-state index in [1.165, 1.54) is 0 Å². The lowest BCUT2D eigenvalue weighted by Crippen LogP contribution is -1.98. The van der Waals surface area contributed by atoms with Gasteiger partial charge in [0.15, 0.2) is 0 Å². The highest BCUT2D eigenvalue weighted by Crippen LogP contribution is 2.24. The summed E-state index contributed by atoms with van der Waals surface area (Å²) < 4.78 is 7.12. The number of methoxy groups -OCH3 is 1. The molecule has 0 unspecified atom stereocenters. The summed E-state index contributed by atoms with van der Waals surface area (Å²) >= 11 is 0.